The summed E-state index contributed by atoms with van der Waals surface area (Å²) in [5, 5.41) is 3.42. The highest BCUT2D eigenvalue weighted by molar-refractivity contribution is 5.80. The molecule has 2 unspecified atom stereocenters. The molecular formula is C17H34N6O. The van der Waals surface area contributed by atoms with E-state index in [1.165, 1.54) is 0 Å². The van der Waals surface area contributed by atoms with Crippen molar-refractivity contribution in [1.29, 1.82) is 0 Å². The largest absolute Gasteiger partial charge is 0.370 e. The number of likely N-dealkylation sites (tertiary alicyclic amines) is 1. The van der Waals surface area contributed by atoms with Crippen molar-refractivity contribution in [2.24, 2.45) is 16.6 Å². The van der Waals surface area contributed by atoms with Crippen molar-refractivity contribution < 1.29 is 4.79 Å². The third-order valence-corrected chi connectivity index (χ3v) is 5.08. The van der Waals surface area contributed by atoms with E-state index < -0.39 is 0 Å². The predicted octanol–water partition coefficient (Wildman–Crippen LogP) is -0.215. The minimum atomic E-state index is -0.198. The molecule has 2 saturated heterocycles. The Bertz CT molecular complexity index is 441. The molecule has 0 aromatic heterocycles. The first-order valence-corrected chi connectivity index (χ1v) is 9.20. The second-order valence-corrected chi connectivity index (χ2v) is 7.22. The fraction of sp³-hybridized carbons (Fsp3) is 0.882. The Kier molecular flexibility index (Phi) is 7.30. The number of guanidine groups is 1. The zero-order valence-corrected chi connectivity index (χ0v) is 15.5. The first kappa shape index (κ1) is 19.0. The van der Waals surface area contributed by atoms with Gasteiger partial charge >= 0.3 is 0 Å². The van der Waals surface area contributed by atoms with Gasteiger partial charge in [0.1, 0.15) is 0 Å². The van der Waals surface area contributed by atoms with E-state index in [-0.39, 0.29) is 5.91 Å². The number of rotatable bonds is 5. The summed E-state index contributed by atoms with van der Waals surface area (Å²) in [6, 6.07) is 0.462. The Hall–Kier alpha value is -1.34. The maximum atomic E-state index is 11.2. The number of likely N-dealkylation sites (N-methyl/N-ethyl adjacent to an activating group) is 2. The minimum Gasteiger partial charge on any atom is -0.370 e. The van der Waals surface area contributed by atoms with Gasteiger partial charge in [-0.1, -0.05) is 0 Å². The molecule has 1 amide bonds. The number of primary amides is 1. The van der Waals surface area contributed by atoms with Crippen molar-refractivity contribution >= 4 is 11.9 Å². The lowest BCUT2D eigenvalue weighted by Gasteiger charge is -2.38. The molecule has 0 spiro atoms. The molecular weight excluding hydrogens is 304 g/mol. The van der Waals surface area contributed by atoms with Crippen LogP contribution in [0.3, 0.4) is 0 Å². The number of nitrogens with zero attached hydrogens (tertiary/aromatic N) is 4. The molecule has 0 bridgehead atoms. The highest BCUT2D eigenvalue weighted by atomic mass is 16.1. The van der Waals surface area contributed by atoms with Crippen LogP contribution in [0.5, 0.6) is 0 Å². The number of piperazine rings is 1. The number of amides is 1. The van der Waals surface area contributed by atoms with Crippen molar-refractivity contribution in [1.82, 2.24) is 20.0 Å². The molecule has 2 aliphatic rings. The van der Waals surface area contributed by atoms with Crippen molar-refractivity contribution in [2.45, 2.75) is 32.2 Å². The quantitative estimate of drug-likeness (QED) is 0.536. The third-order valence-electron chi connectivity index (χ3n) is 5.08. The van der Waals surface area contributed by atoms with Crippen LogP contribution in [0.2, 0.25) is 0 Å². The van der Waals surface area contributed by atoms with Crippen LogP contribution in [-0.2, 0) is 4.79 Å². The Balaban J connectivity index is 1.97. The van der Waals surface area contributed by atoms with Gasteiger partial charge in [-0.25, -0.2) is 0 Å². The minimum absolute atomic E-state index is 0.198. The first-order chi connectivity index (χ1) is 11.5. The smallest absolute Gasteiger partial charge is 0.217 e. The second-order valence-electron chi connectivity index (χ2n) is 7.22. The Morgan fingerprint density at radius 3 is 2.75 bits per heavy atom. The van der Waals surface area contributed by atoms with E-state index in [1.54, 1.807) is 0 Å². The molecule has 138 valence electrons. The normalized spacial score (nSPS) is 27.3. The average molecular weight is 339 g/mol. The van der Waals surface area contributed by atoms with Crippen LogP contribution in [0.15, 0.2) is 4.99 Å². The SMILES string of the molecule is CCNC(=NCC1CN(C)CCN1C)N1CCCC(CC(N)=O)C1. The molecule has 24 heavy (non-hydrogen) atoms. The molecule has 7 nitrogen and oxygen atoms in total. The number of carbonyl (C=O) groups excluding carboxylic acids is 1. The lowest BCUT2D eigenvalue weighted by Crippen LogP contribution is -2.52. The molecule has 0 saturated carbocycles. The van der Waals surface area contributed by atoms with Gasteiger partial charge in [-0.15, -0.1) is 0 Å². The van der Waals surface area contributed by atoms with E-state index in [0.717, 1.165) is 64.6 Å². The highest BCUT2D eigenvalue weighted by Crippen LogP contribution is 2.19. The van der Waals surface area contributed by atoms with Crippen LogP contribution in [-0.4, -0.2) is 92.5 Å². The fourth-order valence-corrected chi connectivity index (χ4v) is 3.62. The number of hydrogen-bond acceptors (Lipinski definition) is 4. The Labute approximate surface area is 146 Å². The number of piperidine rings is 1. The van der Waals surface area contributed by atoms with Crippen LogP contribution in [0.25, 0.3) is 0 Å². The van der Waals surface area contributed by atoms with Gasteiger partial charge in [-0.05, 0) is 39.8 Å². The van der Waals surface area contributed by atoms with E-state index in [9.17, 15) is 4.79 Å². The molecule has 2 rings (SSSR count). The van der Waals surface area contributed by atoms with E-state index in [1.807, 2.05) is 0 Å². The van der Waals surface area contributed by atoms with Crippen LogP contribution in [0.1, 0.15) is 26.2 Å². The summed E-state index contributed by atoms with van der Waals surface area (Å²) in [5.74, 6) is 1.13. The molecule has 0 radical (unpaired) electrons. The van der Waals surface area contributed by atoms with Gasteiger partial charge in [0, 0.05) is 51.7 Å². The van der Waals surface area contributed by atoms with Crippen molar-refractivity contribution in [3.8, 4) is 0 Å². The lowest BCUT2D eigenvalue weighted by atomic mass is 9.95. The average Bonchev–Trinajstić information content (AvgIpc) is 2.54. The molecule has 0 aromatic carbocycles. The third kappa shape index (κ3) is 5.63. The molecule has 0 aromatic rings. The van der Waals surface area contributed by atoms with Gasteiger partial charge in [0.05, 0.1) is 6.54 Å². The zero-order valence-electron chi connectivity index (χ0n) is 15.5. The second kappa shape index (κ2) is 9.22. The van der Waals surface area contributed by atoms with E-state index in [4.69, 9.17) is 10.7 Å². The topological polar surface area (TPSA) is 77.2 Å². The highest BCUT2D eigenvalue weighted by Gasteiger charge is 2.25. The van der Waals surface area contributed by atoms with Gasteiger partial charge in [-0.2, -0.15) is 0 Å². The molecule has 7 heteroatoms. The maximum Gasteiger partial charge on any atom is 0.217 e. The van der Waals surface area contributed by atoms with Crippen molar-refractivity contribution in [3.05, 3.63) is 0 Å². The molecule has 0 aliphatic carbocycles. The standard InChI is InChI=1S/C17H34N6O/c1-4-19-17(20-11-15-13-21(2)8-9-22(15)3)23-7-5-6-14(12-23)10-16(18)24/h14-15H,4-13H2,1-3H3,(H2,18,24)(H,19,20). The van der Waals surface area contributed by atoms with E-state index in [2.05, 4.69) is 41.0 Å². The first-order valence-electron chi connectivity index (χ1n) is 9.20. The summed E-state index contributed by atoms with van der Waals surface area (Å²) in [5.41, 5.74) is 5.37. The number of carbonyl (C=O) groups is 1. The van der Waals surface area contributed by atoms with E-state index in [0.29, 0.717) is 18.4 Å². The molecule has 2 fully saturated rings. The summed E-state index contributed by atoms with van der Waals surface area (Å²) >= 11 is 0. The number of nitrogens with two attached hydrogens (primary N) is 1. The van der Waals surface area contributed by atoms with Crippen molar-refractivity contribution in [3.63, 3.8) is 0 Å². The number of aliphatic imine (C=N–C) groups is 1. The molecule has 2 aliphatic heterocycles. The van der Waals surface area contributed by atoms with Gasteiger partial charge in [-0.3, -0.25) is 14.7 Å². The summed E-state index contributed by atoms with van der Waals surface area (Å²) in [6.07, 6.45) is 2.65. The van der Waals surface area contributed by atoms with Crippen LogP contribution in [0, 0.1) is 5.92 Å². The van der Waals surface area contributed by atoms with E-state index >= 15 is 0 Å². The van der Waals surface area contributed by atoms with Crippen LogP contribution in [0.4, 0.5) is 0 Å². The lowest BCUT2D eigenvalue weighted by molar-refractivity contribution is -0.119. The summed E-state index contributed by atoms with van der Waals surface area (Å²) in [6.45, 7) is 8.91. The molecule has 2 atom stereocenters. The fourth-order valence-electron chi connectivity index (χ4n) is 3.62. The van der Waals surface area contributed by atoms with Crippen molar-refractivity contribution in [2.75, 3.05) is 59.9 Å². The number of nitrogens with one attached hydrogen (secondary N) is 1. The van der Waals surface area contributed by atoms with Crippen LogP contribution >= 0.6 is 0 Å². The number of hydrogen-bond donors (Lipinski definition) is 2. The zero-order chi connectivity index (χ0) is 17.5. The summed E-state index contributed by atoms with van der Waals surface area (Å²) < 4.78 is 0. The van der Waals surface area contributed by atoms with Crippen LogP contribution < -0.4 is 11.1 Å². The summed E-state index contributed by atoms with van der Waals surface area (Å²) in [7, 11) is 4.36. The monoisotopic (exact) mass is 338 g/mol. The molecule has 3 N–H and O–H groups in total. The van der Waals surface area contributed by atoms with Gasteiger partial charge in [0.25, 0.3) is 0 Å². The molecule has 2 heterocycles. The van der Waals surface area contributed by atoms with Gasteiger partial charge in [0.15, 0.2) is 5.96 Å². The van der Waals surface area contributed by atoms with Gasteiger partial charge in [0.2, 0.25) is 5.91 Å². The Morgan fingerprint density at radius 2 is 2.04 bits per heavy atom. The predicted molar refractivity (Wildman–Crippen MR) is 98.0 cm³/mol. The van der Waals surface area contributed by atoms with Gasteiger partial charge < -0.3 is 20.9 Å². The summed E-state index contributed by atoms with van der Waals surface area (Å²) in [4.78, 5) is 23.2. The Morgan fingerprint density at radius 1 is 1.25 bits per heavy atom. The maximum absolute atomic E-state index is 11.2.